The Morgan fingerprint density at radius 2 is 1.07 bits per heavy atom. The minimum Gasteiger partial charge on any atom is -0.377 e. The van der Waals surface area contributed by atoms with Crippen LogP contribution in [0.3, 0.4) is 0 Å². The lowest BCUT2D eigenvalue weighted by molar-refractivity contribution is 0.928. The third kappa shape index (κ3) is 3.31. The van der Waals surface area contributed by atoms with Crippen LogP contribution in [0.15, 0.2) is 90.0 Å². The number of anilines is 1. The van der Waals surface area contributed by atoms with E-state index in [2.05, 4.69) is 119 Å². The molecule has 0 spiro atoms. The van der Waals surface area contributed by atoms with Crippen LogP contribution in [0, 0.1) is 6.92 Å². The predicted octanol–water partition coefficient (Wildman–Crippen LogP) is 7.11. The summed E-state index contributed by atoms with van der Waals surface area (Å²) in [6.45, 7) is 6.84. The summed E-state index contributed by atoms with van der Waals surface area (Å²) in [5, 5.41) is 0. The van der Waals surface area contributed by atoms with Crippen molar-refractivity contribution in [2.45, 2.75) is 26.7 Å². The number of benzene rings is 3. The van der Waals surface area contributed by atoms with Gasteiger partial charge in [-0.05, 0) is 54.2 Å². The first-order valence-electron chi connectivity index (χ1n) is 10.3. The van der Waals surface area contributed by atoms with Crippen LogP contribution in [0.5, 0.6) is 0 Å². The van der Waals surface area contributed by atoms with Crippen LogP contribution in [0.2, 0.25) is 0 Å². The molecule has 29 heavy (non-hydrogen) atoms. The van der Waals surface area contributed by atoms with E-state index in [1.807, 2.05) is 0 Å². The summed E-state index contributed by atoms with van der Waals surface area (Å²) in [5.74, 6) is 0.290. The van der Waals surface area contributed by atoms with E-state index in [4.69, 9.17) is 0 Å². The Balaban J connectivity index is 2.01. The average molecular weight is 380 g/mol. The minimum atomic E-state index is 0.290. The number of para-hydroxylation sites is 1. The van der Waals surface area contributed by atoms with Crippen molar-refractivity contribution in [1.82, 2.24) is 0 Å². The second kappa shape index (κ2) is 7.75. The third-order valence-corrected chi connectivity index (χ3v) is 6.06. The van der Waals surface area contributed by atoms with Crippen molar-refractivity contribution in [3.8, 4) is 0 Å². The molecule has 0 bridgehead atoms. The first-order valence-corrected chi connectivity index (χ1v) is 10.3. The van der Waals surface area contributed by atoms with Gasteiger partial charge < -0.3 is 4.90 Å². The molecular formula is C28H29N. The van der Waals surface area contributed by atoms with Gasteiger partial charge in [-0.25, -0.2) is 0 Å². The molecule has 0 radical (unpaired) electrons. The van der Waals surface area contributed by atoms with Gasteiger partial charge >= 0.3 is 0 Å². The van der Waals surface area contributed by atoms with Gasteiger partial charge in [-0.3, -0.25) is 0 Å². The molecule has 0 saturated carbocycles. The van der Waals surface area contributed by atoms with E-state index in [-0.39, 0.29) is 5.92 Å². The molecule has 3 aromatic carbocycles. The molecule has 0 saturated heterocycles. The number of allylic oxidation sites excluding steroid dienone is 4. The van der Waals surface area contributed by atoms with E-state index >= 15 is 0 Å². The van der Waals surface area contributed by atoms with Gasteiger partial charge in [-0.1, -0.05) is 90.0 Å². The normalized spacial score (nSPS) is 14.7. The number of aryl methyl sites for hydroxylation is 1. The van der Waals surface area contributed by atoms with Crippen LogP contribution in [0.25, 0.3) is 11.1 Å². The summed E-state index contributed by atoms with van der Waals surface area (Å²) in [5.41, 5.74) is 12.3. The number of hydrogen-bond acceptors (Lipinski definition) is 1. The first kappa shape index (κ1) is 19.3. The van der Waals surface area contributed by atoms with E-state index in [0.29, 0.717) is 0 Å². The van der Waals surface area contributed by atoms with Crippen molar-refractivity contribution in [3.05, 3.63) is 112 Å². The molecule has 146 valence electrons. The summed E-state index contributed by atoms with van der Waals surface area (Å²) >= 11 is 0. The Bertz CT molecular complexity index is 1020. The van der Waals surface area contributed by atoms with Crippen molar-refractivity contribution in [3.63, 3.8) is 0 Å². The van der Waals surface area contributed by atoms with Crippen LogP contribution in [-0.2, 0) is 0 Å². The minimum absolute atomic E-state index is 0.290. The van der Waals surface area contributed by atoms with Crippen LogP contribution >= 0.6 is 0 Å². The van der Waals surface area contributed by atoms with Gasteiger partial charge in [0, 0.05) is 25.7 Å². The topological polar surface area (TPSA) is 3.24 Å². The smallest absolute Gasteiger partial charge is 0.0432 e. The first-order chi connectivity index (χ1) is 14.0. The van der Waals surface area contributed by atoms with Crippen molar-refractivity contribution >= 4 is 16.8 Å². The van der Waals surface area contributed by atoms with E-state index in [9.17, 15) is 0 Å². The van der Waals surface area contributed by atoms with E-state index in [0.717, 1.165) is 0 Å². The Morgan fingerprint density at radius 1 is 0.586 bits per heavy atom. The van der Waals surface area contributed by atoms with Crippen LogP contribution < -0.4 is 4.90 Å². The van der Waals surface area contributed by atoms with Crippen LogP contribution in [0.1, 0.15) is 42.0 Å². The van der Waals surface area contributed by atoms with Gasteiger partial charge in [-0.15, -0.1) is 0 Å². The lowest BCUT2D eigenvalue weighted by atomic mass is 9.86. The van der Waals surface area contributed by atoms with E-state index in [1.165, 1.54) is 50.2 Å². The average Bonchev–Trinajstić information content (AvgIpc) is 2.99. The maximum Gasteiger partial charge on any atom is 0.0432 e. The molecule has 0 aliphatic heterocycles. The maximum atomic E-state index is 2.31. The molecule has 0 N–H and O–H groups in total. The molecule has 3 aromatic rings. The Hall–Kier alpha value is -3.06. The van der Waals surface area contributed by atoms with Crippen LogP contribution in [0.4, 0.5) is 5.69 Å². The molecule has 1 nitrogen and oxygen atoms in total. The van der Waals surface area contributed by atoms with Gasteiger partial charge in [0.25, 0.3) is 0 Å². The fourth-order valence-electron chi connectivity index (χ4n) is 4.95. The van der Waals surface area contributed by atoms with E-state index < -0.39 is 0 Å². The summed E-state index contributed by atoms with van der Waals surface area (Å²) in [6, 6.07) is 28.4. The van der Waals surface area contributed by atoms with Gasteiger partial charge in [0.2, 0.25) is 0 Å². The monoisotopic (exact) mass is 379 g/mol. The van der Waals surface area contributed by atoms with Crippen molar-refractivity contribution < 1.29 is 0 Å². The highest BCUT2D eigenvalue weighted by Crippen LogP contribution is 2.52. The zero-order valence-electron chi connectivity index (χ0n) is 18.0. The molecule has 1 aliphatic rings. The second-order valence-corrected chi connectivity index (χ2v) is 8.19. The Kier molecular flexibility index (Phi) is 5.15. The molecule has 0 amide bonds. The quantitative estimate of drug-likeness (QED) is 0.467. The zero-order valence-corrected chi connectivity index (χ0v) is 18.0. The van der Waals surface area contributed by atoms with Gasteiger partial charge in [0.1, 0.15) is 0 Å². The maximum absolute atomic E-state index is 2.31. The number of nitrogens with zero attached hydrogens (tertiary/aromatic N) is 1. The number of hydrogen-bond donors (Lipinski definition) is 0. The van der Waals surface area contributed by atoms with Crippen molar-refractivity contribution in [2.24, 2.45) is 0 Å². The highest BCUT2D eigenvalue weighted by molar-refractivity contribution is 6.11. The third-order valence-electron chi connectivity index (χ3n) is 6.06. The number of rotatable bonds is 4. The highest BCUT2D eigenvalue weighted by Gasteiger charge is 2.33. The Morgan fingerprint density at radius 3 is 1.52 bits per heavy atom. The molecule has 0 unspecified atom stereocenters. The zero-order chi connectivity index (χ0) is 20.5. The fourth-order valence-corrected chi connectivity index (χ4v) is 4.95. The molecular weight excluding hydrogens is 350 g/mol. The standard InChI is InChI=1S/C28H29N/c1-19-13-12-18-24(28(19)29(4)5)25-20(2)26(22-14-8-6-9-15-22)27(21(25)3)23-16-10-7-11-17-23/h6-18,25H,1-5H3. The van der Waals surface area contributed by atoms with E-state index in [1.54, 1.807) is 0 Å². The van der Waals surface area contributed by atoms with Gasteiger partial charge in [-0.2, -0.15) is 0 Å². The molecule has 0 heterocycles. The Labute approximate surface area is 175 Å². The van der Waals surface area contributed by atoms with Gasteiger partial charge in [0.05, 0.1) is 0 Å². The lowest BCUT2D eigenvalue weighted by Gasteiger charge is -2.25. The molecule has 0 atom stereocenters. The summed E-state index contributed by atoms with van der Waals surface area (Å²) in [4.78, 5) is 2.26. The SMILES string of the molecule is CC1=C(c2ccccc2)C(c2ccccc2)=C(C)C1c1cccc(C)c1N(C)C. The molecule has 4 rings (SSSR count). The summed E-state index contributed by atoms with van der Waals surface area (Å²) < 4.78 is 0. The van der Waals surface area contributed by atoms with Gasteiger partial charge in [0.15, 0.2) is 0 Å². The molecule has 1 heteroatoms. The molecule has 0 aromatic heterocycles. The second-order valence-electron chi connectivity index (χ2n) is 8.19. The fraction of sp³-hybridized carbons (Fsp3) is 0.214. The lowest BCUT2D eigenvalue weighted by Crippen LogP contribution is -2.15. The highest BCUT2D eigenvalue weighted by atomic mass is 15.1. The molecule has 1 aliphatic carbocycles. The van der Waals surface area contributed by atoms with Crippen molar-refractivity contribution in [2.75, 3.05) is 19.0 Å². The summed E-state index contributed by atoms with van der Waals surface area (Å²) in [7, 11) is 4.30. The summed E-state index contributed by atoms with van der Waals surface area (Å²) in [6.07, 6.45) is 0. The predicted molar refractivity (Wildman–Crippen MR) is 126 cm³/mol. The van der Waals surface area contributed by atoms with Crippen molar-refractivity contribution in [1.29, 1.82) is 0 Å². The largest absolute Gasteiger partial charge is 0.377 e. The molecule has 0 fully saturated rings. The van der Waals surface area contributed by atoms with Crippen LogP contribution in [-0.4, -0.2) is 14.1 Å².